The number of alkyl halides is 3. The summed E-state index contributed by atoms with van der Waals surface area (Å²) in [4.78, 5) is 11.0. The maximum Gasteiger partial charge on any atom is 0.523 e. The van der Waals surface area contributed by atoms with E-state index in [9.17, 15) is 31.5 Å². The van der Waals surface area contributed by atoms with Crippen molar-refractivity contribution in [2.75, 3.05) is 13.2 Å². The molecule has 0 saturated heterocycles. The highest BCUT2D eigenvalue weighted by Crippen LogP contribution is 2.26. The highest BCUT2D eigenvalue weighted by atomic mass is 32.2. The summed E-state index contributed by atoms with van der Waals surface area (Å²) < 4.78 is 60.9. The molecule has 0 aliphatic heterocycles. The van der Waals surface area contributed by atoms with E-state index in [1.165, 1.54) is 0 Å². The summed E-state index contributed by atoms with van der Waals surface area (Å²) in [6.45, 7) is -2.61. The molecule has 0 aromatic carbocycles. The number of ketones is 1. The molecule has 0 spiro atoms. The van der Waals surface area contributed by atoms with Crippen molar-refractivity contribution in [2.45, 2.75) is 23.8 Å². The van der Waals surface area contributed by atoms with Gasteiger partial charge in [0.25, 0.3) is 0 Å². The Labute approximate surface area is 105 Å². The molecule has 0 aromatic rings. The zero-order valence-electron chi connectivity index (χ0n) is 9.11. The van der Waals surface area contributed by atoms with E-state index in [4.69, 9.17) is 15.3 Å². The fourth-order valence-electron chi connectivity index (χ4n) is 0.892. The molecule has 0 radical (unpaired) electrons. The minimum absolute atomic E-state index is 1.17. The van der Waals surface area contributed by atoms with Crippen LogP contribution in [0.1, 0.15) is 0 Å². The van der Waals surface area contributed by atoms with Gasteiger partial charge in [-0.1, -0.05) is 0 Å². The molecule has 0 aliphatic carbocycles. The van der Waals surface area contributed by atoms with E-state index in [2.05, 4.69) is 4.18 Å². The Bertz CT molecular complexity index is 405. The summed E-state index contributed by atoms with van der Waals surface area (Å²) in [5.74, 6) is -1.62. The largest absolute Gasteiger partial charge is 0.523 e. The third-order valence-corrected chi connectivity index (χ3v) is 2.91. The molecule has 0 heterocycles. The lowest BCUT2D eigenvalue weighted by Crippen LogP contribution is -2.48. The first-order chi connectivity index (χ1) is 8.47. The van der Waals surface area contributed by atoms with Gasteiger partial charge in [-0.3, -0.25) is 4.79 Å². The van der Waals surface area contributed by atoms with Gasteiger partial charge >= 0.3 is 15.6 Å². The molecule has 0 bridgehead atoms. The van der Waals surface area contributed by atoms with Crippen LogP contribution < -0.4 is 0 Å². The van der Waals surface area contributed by atoms with Crippen LogP contribution in [-0.4, -0.2) is 71.7 Å². The van der Waals surface area contributed by atoms with E-state index in [1.54, 1.807) is 0 Å². The number of Topliss-reactive ketones (excluding diaryl/α,β-unsaturated/α-hetero) is 1. The van der Waals surface area contributed by atoms with Crippen molar-refractivity contribution in [3.05, 3.63) is 0 Å². The third kappa shape index (κ3) is 4.67. The maximum absolute atomic E-state index is 12.0. The summed E-state index contributed by atoms with van der Waals surface area (Å²) in [5, 5.41) is 35.1. The molecule has 0 aliphatic rings. The van der Waals surface area contributed by atoms with Crippen LogP contribution in [0.3, 0.4) is 0 Å². The van der Waals surface area contributed by atoms with Gasteiger partial charge in [0.1, 0.15) is 18.8 Å². The number of halogens is 3. The summed E-state index contributed by atoms with van der Waals surface area (Å²) in [6.07, 6.45) is -7.30. The van der Waals surface area contributed by atoms with Gasteiger partial charge in [0.05, 0.1) is 6.61 Å². The number of rotatable bonds is 7. The van der Waals surface area contributed by atoms with Crippen molar-refractivity contribution in [1.29, 1.82) is 0 Å². The lowest BCUT2D eigenvalue weighted by molar-refractivity contribution is -0.141. The SMILES string of the molecule is O=C(CO)[C@@H](OS(=O)(=O)C(F)(F)F)[C@H](O)[C@H](O)CO. The molecule has 19 heavy (non-hydrogen) atoms. The van der Waals surface area contributed by atoms with Gasteiger partial charge in [0, 0.05) is 0 Å². The van der Waals surface area contributed by atoms with Crippen LogP contribution in [0.5, 0.6) is 0 Å². The summed E-state index contributed by atoms with van der Waals surface area (Å²) in [7, 11) is -6.22. The highest BCUT2D eigenvalue weighted by Gasteiger charge is 2.51. The van der Waals surface area contributed by atoms with Gasteiger partial charge in [-0.2, -0.15) is 21.6 Å². The number of hydrogen-bond donors (Lipinski definition) is 4. The van der Waals surface area contributed by atoms with Crippen LogP contribution in [0.15, 0.2) is 0 Å². The standard InChI is InChI=1S/C7H11F3O8S/c8-7(9,10)19(16,17)18-6(4(14)2-12)5(15)3(13)1-11/h3,5-6,11-13,15H,1-2H2/t3-,5-,6-/m1/s1. The Hall–Kier alpha value is -0.790. The summed E-state index contributed by atoms with van der Waals surface area (Å²) >= 11 is 0. The number of carbonyl (C=O) groups excluding carboxylic acids is 1. The van der Waals surface area contributed by atoms with E-state index < -0.39 is 52.9 Å². The van der Waals surface area contributed by atoms with Crippen molar-refractivity contribution >= 4 is 15.9 Å². The van der Waals surface area contributed by atoms with Gasteiger partial charge in [-0.15, -0.1) is 0 Å². The van der Waals surface area contributed by atoms with Gasteiger partial charge in [-0.05, 0) is 0 Å². The maximum atomic E-state index is 12.0. The molecular weight excluding hydrogens is 301 g/mol. The molecule has 0 amide bonds. The smallest absolute Gasteiger partial charge is 0.394 e. The van der Waals surface area contributed by atoms with Crippen molar-refractivity contribution < 1.29 is 51.0 Å². The van der Waals surface area contributed by atoms with Crippen LogP contribution in [0.2, 0.25) is 0 Å². The second kappa shape index (κ2) is 6.58. The molecule has 114 valence electrons. The fourth-order valence-corrected chi connectivity index (χ4v) is 1.50. The summed E-state index contributed by atoms with van der Waals surface area (Å²) in [6, 6.07) is 0. The van der Waals surface area contributed by atoms with Crippen molar-refractivity contribution in [3.63, 3.8) is 0 Å². The predicted octanol–water partition coefficient (Wildman–Crippen LogP) is -2.50. The Morgan fingerprint density at radius 1 is 1.21 bits per heavy atom. The van der Waals surface area contributed by atoms with Crippen molar-refractivity contribution in [2.24, 2.45) is 0 Å². The summed E-state index contributed by atoms with van der Waals surface area (Å²) in [5.41, 5.74) is -5.86. The first-order valence-electron chi connectivity index (χ1n) is 4.58. The molecule has 8 nitrogen and oxygen atoms in total. The van der Waals surface area contributed by atoms with Gasteiger partial charge < -0.3 is 20.4 Å². The first kappa shape index (κ1) is 18.2. The molecular formula is C7H11F3O8S. The molecule has 0 aromatic heterocycles. The molecule has 0 saturated carbocycles. The van der Waals surface area contributed by atoms with Crippen molar-refractivity contribution in [3.8, 4) is 0 Å². The van der Waals surface area contributed by atoms with Crippen molar-refractivity contribution in [1.82, 2.24) is 0 Å². The van der Waals surface area contributed by atoms with E-state index in [1.807, 2.05) is 0 Å². The Morgan fingerprint density at radius 2 is 1.68 bits per heavy atom. The van der Waals surface area contributed by atoms with Crippen LogP contribution >= 0.6 is 0 Å². The van der Waals surface area contributed by atoms with E-state index in [0.717, 1.165) is 0 Å². The van der Waals surface area contributed by atoms with Crippen LogP contribution in [0.25, 0.3) is 0 Å². The minimum Gasteiger partial charge on any atom is -0.394 e. The highest BCUT2D eigenvalue weighted by molar-refractivity contribution is 7.87. The molecule has 0 unspecified atom stereocenters. The molecule has 0 fully saturated rings. The minimum atomic E-state index is -6.22. The van der Waals surface area contributed by atoms with E-state index >= 15 is 0 Å². The number of aliphatic hydroxyl groups excluding tert-OH is 4. The Balaban J connectivity index is 5.27. The van der Waals surface area contributed by atoms with Gasteiger partial charge in [0.2, 0.25) is 0 Å². The second-order valence-corrected chi connectivity index (χ2v) is 4.85. The second-order valence-electron chi connectivity index (χ2n) is 3.28. The topological polar surface area (TPSA) is 141 Å². The molecule has 12 heteroatoms. The quantitative estimate of drug-likeness (QED) is 0.298. The number of hydrogen-bond acceptors (Lipinski definition) is 8. The zero-order valence-corrected chi connectivity index (χ0v) is 9.93. The van der Waals surface area contributed by atoms with E-state index in [-0.39, 0.29) is 0 Å². The first-order valence-corrected chi connectivity index (χ1v) is 5.99. The van der Waals surface area contributed by atoms with Crippen LogP contribution in [-0.2, 0) is 19.1 Å². The average Bonchev–Trinajstić information content (AvgIpc) is 2.31. The lowest BCUT2D eigenvalue weighted by Gasteiger charge is -2.24. The van der Waals surface area contributed by atoms with Crippen LogP contribution in [0, 0.1) is 0 Å². The third-order valence-electron chi connectivity index (χ3n) is 1.88. The Morgan fingerprint density at radius 3 is 2.00 bits per heavy atom. The zero-order chi connectivity index (χ0) is 15.4. The number of carbonyl (C=O) groups is 1. The molecule has 0 rings (SSSR count). The molecule has 4 N–H and O–H groups in total. The molecule has 3 atom stereocenters. The van der Waals surface area contributed by atoms with Gasteiger partial charge in [0.15, 0.2) is 11.9 Å². The normalized spacial score (nSPS) is 17.8. The average molecular weight is 312 g/mol. The lowest BCUT2D eigenvalue weighted by atomic mass is 10.1. The van der Waals surface area contributed by atoms with Crippen LogP contribution in [0.4, 0.5) is 13.2 Å². The number of aliphatic hydroxyl groups is 4. The van der Waals surface area contributed by atoms with E-state index in [0.29, 0.717) is 0 Å². The van der Waals surface area contributed by atoms with Gasteiger partial charge in [-0.25, -0.2) is 4.18 Å². The fraction of sp³-hybridized carbons (Fsp3) is 0.857. The monoisotopic (exact) mass is 312 g/mol. The Kier molecular flexibility index (Phi) is 6.31. The predicted molar refractivity (Wildman–Crippen MR) is 51.0 cm³/mol.